The number of ketones is 1. The summed E-state index contributed by atoms with van der Waals surface area (Å²) >= 11 is 0. The third-order valence-corrected chi connectivity index (χ3v) is 2.79. The number of Topliss-reactive ketones (excluding diaryl/α,β-unsaturated/α-hetero) is 1. The fourth-order valence-corrected chi connectivity index (χ4v) is 1.68. The van der Waals surface area contributed by atoms with Crippen LogP contribution in [0.25, 0.3) is 0 Å². The van der Waals surface area contributed by atoms with Gasteiger partial charge in [-0.15, -0.1) is 0 Å². The summed E-state index contributed by atoms with van der Waals surface area (Å²) in [5, 5.41) is 11.1. The molecule has 0 radical (unpaired) electrons. The molecule has 1 rings (SSSR count). The normalized spacial score (nSPS) is 10.7. The number of hydrogen-bond acceptors (Lipinski definition) is 3. The van der Waals surface area contributed by atoms with Crippen LogP contribution in [-0.2, 0) is 4.79 Å². The molecule has 2 N–H and O–H groups in total. The highest BCUT2D eigenvalue weighted by molar-refractivity contribution is 5.99. The third kappa shape index (κ3) is 3.96. The largest absolute Gasteiger partial charge is 0.480 e. The molecule has 0 saturated carbocycles. The molecule has 0 unspecified atom stereocenters. The van der Waals surface area contributed by atoms with Crippen molar-refractivity contribution >= 4 is 11.8 Å². The predicted molar refractivity (Wildman–Crippen MR) is 70.1 cm³/mol. The molecule has 0 atom stereocenters. The van der Waals surface area contributed by atoms with Crippen LogP contribution in [0.1, 0.15) is 41.3 Å². The minimum Gasteiger partial charge on any atom is -0.480 e. The van der Waals surface area contributed by atoms with Gasteiger partial charge in [-0.2, -0.15) is 0 Å². The lowest BCUT2D eigenvalue weighted by molar-refractivity contribution is -0.135. The molecule has 1 aromatic carbocycles. The maximum absolute atomic E-state index is 12.0. The van der Waals surface area contributed by atoms with Crippen molar-refractivity contribution in [2.75, 3.05) is 13.1 Å². The molecule has 0 saturated heterocycles. The van der Waals surface area contributed by atoms with Crippen molar-refractivity contribution in [3.8, 4) is 0 Å². The van der Waals surface area contributed by atoms with Gasteiger partial charge in [0, 0.05) is 5.56 Å². The first-order chi connectivity index (χ1) is 8.41. The molecule has 0 amide bonds. The Balaban J connectivity index is 2.78. The van der Waals surface area contributed by atoms with Crippen molar-refractivity contribution in [3.05, 3.63) is 34.9 Å². The second-order valence-electron chi connectivity index (χ2n) is 4.65. The molecule has 0 aromatic heterocycles. The second-order valence-corrected chi connectivity index (χ2v) is 4.65. The number of rotatable bonds is 6. The summed E-state index contributed by atoms with van der Waals surface area (Å²) in [4.78, 5) is 22.3. The molecule has 1 aromatic rings. The molecule has 98 valence electrons. The first-order valence-corrected chi connectivity index (χ1v) is 5.98. The maximum Gasteiger partial charge on any atom is 0.317 e. The predicted octanol–water partition coefficient (Wildman–Crippen LogP) is 1.98. The molecule has 0 heterocycles. The zero-order chi connectivity index (χ0) is 13.7. The monoisotopic (exact) mass is 249 g/mol. The van der Waals surface area contributed by atoms with Crippen LogP contribution in [0.4, 0.5) is 0 Å². The Kier molecular flexibility index (Phi) is 5.04. The van der Waals surface area contributed by atoms with Crippen LogP contribution < -0.4 is 5.32 Å². The first-order valence-electron chi connectivity index (χ1n) is 5.98. The SMILES string of the molecule is Cc1ccc(C(C)C)cc1C(=O)CNCC(=O)O. The first kappa shape index (κ1) is 14.4. The summed E-state index contributed by atoms with van der Waals surface area (Å²) in [6, 6.07) is 5.84. The van der Waals surface area contributed by atoms with Crippen LogP contribution in [0, 0.1) is 6.92 Å². The van der Waals surface area contributed by atoms with Gasteiger partial charge in [-0.1, -0.05) is 26.0 Å². The fourth-order valence-electron chi connectivity index (χ4n) is 1.68. The van der Waals surface area contributed by atoms with Crippen molar-refractivity contribution in [2.45, 2.75) is 26.7 Å². The summed E-state index contributed by atoms with van der Waals surface area (Å²) in [5.41, 5.74) is 2.70. The standard InChI is InChI=1S/C14H19NO3/c1-9(2)11-5-4-10(3)12(6-11)13(16)7-15-8-14(17)18/h4-6,9,15H,7-8H2,1-3H3,(H,17,18). The molecule has 4 heteroatoms. The molecule has 0 fully saturated rings. The van der Waals surface area contributed by atoms with Crippen LogP contribution in [0.2, 0.25) is 0 Å². The molecule has 0 bridgehead atoms. The van der Waals surface area contributed by atoms with E-state index in [0.29, 0.717) is 11.5 Å². The lowest BCUT2D eigenvalue weighted by atomic mass is 9.96. The van der Waals surface area contributed by atoms with E-state index in [1.807, 2.05) is 25.1 Å². The van der Waals surface area contributed by atoms with Gasteiger partial charge in [0.25, 0.3) is 0 Å². The Morgan fingerprint density at radius 1 is 1.28 bits per heavy atom. The summed E-state index contributed by atoms with van der Waals surface area (Å²) in [5.74, 6) is -0.671. The van der Waals surface area contributed by atoms with Crippen molar-refractivity contribution in [1.82, 2.24) is 5.32 Å². The number of nitrogens with one attached hydrogen (secondary N) is 1. The van der Waals surface area contributed by atoms with Gasteiger partial charge in [0.05, 0.1) is 13.1 Å². The van der Waals surface area contributed by atoms with Gasteiger partial charge in [-0.05, 0) is 30.0 Å². The van der Waals surface area contributed by atoms with Crippen molar-refractivity contribution in [3.63, 3.8) is 0 Å². The Bertz CT molecular complexity index is 452. The zero-order valence-electron chi connectivity index (χ0n) is 11.0. The summed E-state index contributed by atoms with van der Waals surface area (Å²) in [7, 11) is 0. The van der Waals surface area contributed by atoms with Crippen LogP contribution in [0.5, 0.6) is 0 Å². The van der Waals surface area contributed by atoms with E-state index in [-0.39, 0.29) is 18.9 Å². The van der Waals surface area contributed by atoms with E-state index in [1.165, 1.54) is 0 Å². The van der Waals surface area contributed by atoms with Crippen LogP contribution >= 0.6 is 0 Å². The third-order valence-electron chi connectivity index (χ3n) is 2.79. The van der Waals surface area contributed by atoms with E-state index in [2.05, 4.69) is 19.2 Å². The minimum atomic E-state index is -0.963. The average molecular weight is 249 g/mol. The van der Waals surface area contributed by atoms with Gasteiger partial charge in [-0.3, -0.25) is 14.9 Å². The van der Waals surface area contributed by atoms with Crippen LogP contribution in [0.15, 0.2) is 18.2 Å². The Morgan fingerprint density at radius 2 is 1.94 bits per heavy atom. The maximum atomic E-state index is 12.0. The van der Waals surface area contributed by atoms with E-state index < -0.39 is 5.97 Å². The second kappa shape index (κ2) is 6.31. The number of aryl methyl sites for hydroxylation is 1. The van der Waals surface area contributed by atoms with Gasteiger partial charge in [0.1, 0.15) is 0 Å². The summed E-state index contributed by atoms with van der Waals surface area (Å²) in [6.07, 6.45) is 0. The molecular formula is C14H19NO3. The smallest absolute Gasteiger partial charge is 0.317 e. The fraction of sp³-hybridized carbons (Fsp3) is 0.429. The topological polar surface area (TPSA) is 66.4 Å². The summed E-state index contributed by atoms with van der Waals surface area (Å²) < 4.78 is 0. The van der Waals surface area contributed by atoms with Crippen molar-refractivity contribution in [1.29, 1.82) is 0 Å². The number of carbonyl (C=O) groups is 2. The number of carboxylic acids is 1. The highest BCUT2D eigenvalue weighted by atomic mass is 16.4. The number of aliphatic carboxylic acids is 1. The van der Waals surface area contributed by atoms with Crippen LogP contribution in [-0.4, -0.2) is 29.9 Å². The highest BCUT2D eigenvalue weighted by Gasteiger charge is 2.11. The Hall–Kier alpha value is -1.68. The minimum absolute atomic E-state index is 0.0503. The van der Waals surface area contributed by atoms with E-state index in [1.54, 1.807) is 0 Å². The molecule has 4 nitrogen and oxygen atoms in total. The number of carbonyl (C=O) groups excluding carboxylic acids is 1. The van der Waals surface area contributed by atoms with E-state index in [4.69, 9.17) is 5.11 Å². The zero-order valence-corrected chi connectivity index (χ0v) is 11.0. The molecule has 18 heavy (non-hydrogen) atoms. The number of carboxylic acid groups (broad SMARTS) is 1. The Morgan fingerprint density at radius 3 is 2.50 bits per heavy atom. The van der Waals surface area contributed by atoms with Gasteiger partial charge >= 0.3 is 5.97 Å². The van der Waals surface area contributed by atoms with Crippen molar-refractivity contribution < 1.29 is 14.7 Å². The molecular weight excluding hydrogens is 230 g/mol. The summed E-state index contributed by atoms with van der Waals surface area (Å²) in [6.45, 7) is 5.88. The molecule has 0 aliphatic carbocycles. The molecule has 0 aliphatic rings. The van der Waals surface area contributed by atoms with E-state index >= 15 is 0 Å². The Labute approximate surface area is 107 Å². The number of hydrogen-bond donors (Lipinski definition) is 2. The van der Waals surface area contributed by atoms with Gasteiger partial charge in [0.15, 0.2) is 5.78 Å². The van der Waals surface area contributed by atoms with Crippen molar-refractivity contribution in [2.24, 2.45) is 0 Å². The van der Waals surface area contributed by atoms with E-state index in [0.717, 1.165) is 11.1 Å². The average Bonchev–Trinajstić information content (AvgIpc) is 2.28. The van der Waals surface area contributed by atoms with Gasteiger partial charge < -0.3 is 5.11 Å². The molecule has 0 spiro atoms. The van der Waals surface area contributed by atoms with Crippen LogP contribution in [0.3, 0.4) is 0 Å². The van der Waals surface area contributed by atoms with E-state index in [9.17, 15) is 9.59 Å². The molecule has 0 aliphatic heterocycles. The quantitative estimate of drug-likeness (QED) is 0.756. The van der Waals surface area contributed by atoms with Gasteiger partial charge in [-0.25, -0.2) is 0 Å². The number of benzene rings is 1. The lowest BCUT2D eigenvalue weighted by Gasteiger charge is -2.10. The van der Waals surface area contributed by atoms with Gasteiger partial charge in [0.2, 0.25) is 0 Å². The highest BCUT2D eigenvalue weighted by Crippen LogP contribution is 2.18. The lowest BCUT2D eigenvalue weighted by Crippen LogP contribution is -2.28.